The number of carbonyl (C=O) groups is 15. The average molecular weight is 1480 g/mol. The molecule has 38 nitrogen and oxygen atoms in total. The third-order valence-electron chi connectivity index (χ3n) is 16.8. The Balaban J connectivity index is 3.55. The molecule has 0 aliphatic heterocycles. The Bertz CT molecular complexity index is 3150. The molecule has 14 amide bonds. The highest BCUT2D eigenvalue weighted by molar-refractivity contribution is 6.00. The Morgan fingerprint density at radius 3 is 1.50 bits per heavy atom. The first kappa shape index (κ1) is 92.5. The van der Waals surface area contributed by atoms with Crippen LogP contribution in [-0.4, -0.2) is 261 Å². The lowest BCUT2D eigenvalue weighted by atomic mass is 9.87. The maximum Gasteiger partial charge on any atom is 0.326 e. The third-order valence-corrected chi connectivity index (χ3v) is 16.8. The summed E-state index contributed by atoms with van der Waals surface area (Å²) in [5, 5.41) is 83.1. The quantitative estimate of drug-likeness (QED) is 0.0270. The van der Waals surface area contributed by atoms with Crippen LogP contribution in [0.4, 0.5) is 0 Å². The molecule has 0 aromatic heterocycles. The molecule has 0 saturated carbocycles. The van der Waals surface area contributed by atoms with Crippen LogP contribution >= 0.6 is 0 Å². The van der Waals surface area contributed by atoms with E-state index in [9.17, 15) is 103 Å². The Kier molecular flexibility index (Phi) is 39.4. The number of carbonyl (C=O) groups excluding carboxylic acids is 14. The van der Waals surface area contributed by atoms with Crippen molar-refractivity contribution in [1.29, 1.82) is 0 Å². The molecule has 0 spiro atoms. The zero-order valence-corrected chi connectivity index (χ0v) is 61.4. The fourth-order valence-electron chi connectivity index (χ4n) is 10.5. The lowest BCUT2D eigenvalue weighted by molar-refractivity contribution is -0.152. The number of likely N-dealkylation sites (N-methyl/N-ethyl adjacent to an activating group) is 2. The number of rotatable bonds is 46. The van der Waals surface area contributed by atoms with E-state index in [1.54, 1.807) is 19.9 Å². The number of phenols is 1. The van der Waals surface area contributed by atoms with Crippen LogP contribution in [0.3, 0.4) is 0 Å². The second-order valence-corrected chi connectivity index (χ2v) is 26.6. The number of aliphatic hydroxyl groups is 4. The molecule has 19 unspecified atom stereocenters. The number of nitrogens with zero attached hydrogens (tertiary/aromatic N) is 2. The number of hydrogen-bond acceptors (Lipinski definition) is 23. The number of aromatic hydroxyl groups is 1. The van der Waals surface area contributed by atoms with Gasteiger partial charge in [-0.15, -0.1) is 0 Å². The van der Waals surface area contributed by atoms with Crippen LogP contribution in [-0.2, 0) is 81.4 Å². The monoisotopic (exact) mass is 1480 g/mol. The van der Waals surface area contributed by atoms with Gasteiger partial charge in [0.1, 0.15) is 72.3 Å². The van der Waals surface area contributed by atoms with Gasteiger partial charge in [-0.2, -0.15) is 0 Å². The van der Waals surface area contributed by atoms with E-state index >= 15 is 0 Å². The van der Waals surface area contributed by atoms with E-state index in [1.165, 1.54) is 79.2 Å². The molecule has 0 heterocycles. The van der Waals surface area contributed by atoms with E-state index < -0.39 is 230 Å². The number of amides is 14. The van der Waals surface area contributed by atoms with Crippen molar-refractivity contribution in [2.45, 2.75) is 205 Å². The second-order valence-electron chi connectivity index (χ2n) is 26.6. The Labute approximate surface area is 603 Å². The highest BCUT2D eigenvalue weighted by Gasteiger charge is 2.43. The van der Waals surface area contributed by atoms with Crippen molar-refractivity contribution in [2.75, 3.05) is 41.5 Å². The summed E-state index contributed by atoms with van der Waals surface area (Å²) in [4.78, 5) is 204. The van der Waals surface area contributed by atoms with E-state index in [4.69, 9.17) is 32.4 Å². The van der Waals surface area contributed by atoms with Crippen LogP contribution in [0.15, 0.2) is 36.4 Å². The number of hydrogen-bond donors (Lipinski definition) is 19. The number of primary amides is 3. The fourth-order valence-corrected chi connectivity index (χ4v) is 10.5. The van der Waals surface area contributed by atoms with Crippen LogP contribution in [0.2, 0.25) is 0 Å². The van der Waals surface area contributed by atoms with E-state index in [0.717, 1.165) is 37.2 Å². The van der Waals surface area contributed by atoms with Gasteiger partial charge in [0.05, 0.1) is 37.9 Å². The number of carboxylic acids is 1. The van der Waals surface area contributed by atoms with E-state index in [2.05, 4.69) is 47.9 Å². The Hall–Kier alpha value is -9.47. The van der Waals surface area contributed by atoms with E-state index in [-0.39, 0.29) is 29.6 Å². The van der Waals surface area contributed by atoms with Gasteiger partial charge in [0.2, 0.25) is 82.7 Å². The van der Waals surface area contributed by atoms with Gasteiger partial charge in [-0.1, -0.05) is 72.8 Å². The number of methoxy groups -OCH3 is 2. The molecule has 586 valence electrons. The maximum atomic E-state index is 14.5. The van der Waals surface area contributed by atoms with Gasteiger partial charge in [0, 0.05) is 46.7 Å². The summed E-state index contributed by atoms with van der Waals surface area (Å²) in [6.45, 7) is 14.7. The molecule has 1 aromatic carbocycles. The molecule has 0 bridgehead atoms. The molecule has 0 aliphatic rings. The molecular weight excluding hydrogens is 1370 g/mol. The van der Waals surface area contributed by atoms with Gasteiger partial charge < -0.3 is 121 Å². The van der Waals surface area contributed by atoms with Crippen LogP contribution in [0.5, 0.6) is 5.75 Å². The molecule has 1 aromatic rings. The van der Waals surface area contributed by atoms with E-state index in [1.807, 2.05) is 20.8 Å². The molecule has 1 rings (SSSR count). The molecule has 19 atom stereocenters. The van der Waals surface area contributed by atoms with Gasteiger partial charge >= 0.3 is 5.97 Å². The van der Waals surface area contributed by atoms with Gasteiger partial charge in [-0.25, -0.2) is 4.79 Å². The largest absolute Gasteiger partial charge is 0.508 e. The predicted octanol–water partition coefficient (Wildman–Crippen LogP) is -6.51. The number of nitrogens with one attached hydrogen (secondary N) is 9. The number of aliphatic hydroxyl groups excluding tert-OH is 4. The number of benzene rings is 1. The first-order chi connectivity index (χ1) is 48.2. The van der Waals surface area contributed by atoms with Crippen LogP contribution in [0, 0.1) is 29.6 Å². The Morgan fingerprint density at radius 2 is 1.03 bits per heavy atom. The van der Waals surface area contributed by atoms with Crippen molar-refractivity contribution in [3.05, 3.63) is 42.0 Å². The van der Waals surface area contributed by atoms with Crippen molar-refractivity contribution >= 4 is 88.7 Å². The normalized spacial score (nSPS) is 17.0. The van der Waals surface area contributed by atoms with Crippen molar-refractivity contribution in [3.8, 4) is 5.75 Å². The number of ether oxygens (including phenoxy) is 2. The molecule has 104 heavy (non-hydrogen) atoms. The highest BCUT2D eigenvalue weighted by Crippen LogP contribution is 2.26. The minimum absolute atomic E-state index is 0.0154. The fraction of sp³-hybridized carbons (Fsp3) is 0.652. The first-order valence-corrected chi connectivity index (χ1v) is 33.5. The molecule has 0 radical (unpaired) electrons. The standard InChI is InChI=1S/C66H109N15O23/c1-29(2)24-31(5)16-19-40(85)26-45(87)74-51(53(89)56(70)91)63(98)78-50(37(11)83)62(97)76-48(34(8)67)60(95)75-47(32(6)33(7)55(69)90)59(94)77-49(36(10)82)61(96)73-42(28-103-14)57(92)71-27-46(88)72-41(25-30(3)4)64(99)81(13)43(22-23-44(68)86)58(93)79-52(65(100)80(12)35(9)66(101)102)54(104-15)38-17-20-39(84)21-18-38/h16-21,29-37,40-43,47-54,82-85,89H,22-28,67H2,1-15H3,(H2,68,86)(H2,69,90)(H2,70,91)(H,71,92)(H,72,88)(H,73,96)(H,74,87)(H,75,95)(H,76,97)(H,77,94)(H,78,98)(H,79,93)(H,101,102). The summed E-state index contributed by atoms with van der Waals surface area (Å²) in [6.07, 6.45) is -6.75. The average Bonchev–Trinajstić information content (AvgIpc) is 0.750. The molecule has 0 aliphatic carbocycles. The van der Waals surface area contributed by atoms with Crippen LogP contribution < -0.4 is 70.8 Å². The number of aliphatic carboxylic acids is 1. The number of allylic oxidation sites excluding steroid dienone is 1. The summed E-state index contributed by atoms with van der Waals surface area (Å²) in [6, 6.07) is -14.1. The zero-order chi connectivity index (χ0) is 80.1. The summed E-state index contributed by atoms with van der Waals surface area (Å²) in [5.74, 6) is -20.3. The van der Waals surface area contributed by atoms with Gasteiger partial charge in [-0.05, 0) is 88.3 Å². The predicted molar refractivity (Wildman–Crippen MR) is 371 cm³/mol. The molecule has 23 N–H and O–H groups in total. The van der Waals surface area contributed by atoms with E-state index in [0.29, 0.717) is 5.92 Å². The molecular formula is C66H109N15O23. The summed E-state index contributed by atoms with van der Waals surface area (Å²) in [7, 11) is 4.65. The lowest BCUT2D eigenvalue weighted by Crippen LogP contribution is -2.66. The molecule has 0 fully saturated rings. The highest BCUT2D eigenvalue weighted by atomic mass is 16.5. The minimum atomic E-state index is -2.43. The van der Waals surface area contributed by atoms with Crippen molar-refractivity contribution < 1.29 is 112 Å². The van der Waals surface area contributed by atoms with Gasteiger partial charge in [0.25, 0.3) is 0 Å². The SMILES string of the molecule is COCC(NC(=O)C(NC(=O)C(NC(=O)C(NC(=O)C(NC(=O)C(NC(=O)CC(O)C=CC(C)CC(C)C)C(O)C(N)=O)C(C)O)C(C)N)C(C)C(C)C(N)=O)C(C)O)C(=O)NCC(=O)NC(CC(C)C)C(=O)N(C)C(CCC(N)=O)C(=O)NC(C(=O)N(C)C(C)C(=O)O)C(OC)c1ccc(O)cc1. The summed E-state index contributed by atoms with van der Waals surface area (Å²) in [5.41, 5.74) is 22.7. The zero-order valence-electron chi connectivity index (χ0n) is 61.4. The number of phenolic OH excluding ortho intramolecular Hbond substituents is 1. The number of carboxylic acid groups (broad SMARTS) is 1. The summed E-state index contributed by atoms with van der Waals surface area (Å²) >= 11 is 0. The maximum absolute atomic E-state index is 14.5. The minimum Gasteiger partial charge on any atom is -0.508 e. The third kappa shape index (κ3) is 30.1. The van der Waals surface area contributed by atoms with Gasteiger partial charge in [0.15, 0.2) is 6.10 Å². The topological polar surface area (TPSA) is 615 Å². The summed E-state index contributed by atoms with van der Waals surface area (Å²) < 4.78 is 10.8. The molecule has 38 heteroatoms. The van der Waals surface area contributed by atoms with Crippen LogP contribution in [0.1, 0.15) is 120 Å². The smallest absolute Gasteiger partial charge is 0.326 e. The Morgan fingerprint density at radius 1 is 0.538 bits per heavy atom. The van der Waals surface area contributed by atoms with Gasteiger partial charge in [-0.3, -0.25) is 67.1 Å². The number of nitrogens with two attached hydrogens (primary N) is 4. The second kappa shape index (κ2) is 44.2. The van der Waals surface area contributed by atoms with Crippen molar-refractivity contribution in [2.24, 2.45) is 52.5 Å². The van der Waals surface area contributed by atoms with Crippen LogP contribution in [0.25, 0.3) is 0 Å². The van der Waals surface area contributed by atoms with Crippen molar-refractivity contribution in [1.82, 2.24) is 57.7 Å². The molecule has 0 saturated heterocycles. The first-order valence-electron chi connectivity index (χ1n) is 33.5. The van der Waals surface area contributed by atoms with Crippen molar-refractivity contribution in [3.63, 3.8) is 0 Å². The lowest BCUT2D eigenvalue weighted by Gasteiger charge is -2.35.